The van der Waals surface area contributed by atoms with Crippen LogP contribution in [0.4, 0.5) is 0 Å². The van der Waals surface area contributed by atoms with Gasteiger partial charge in [-0.3, -0.25) is 4.79 Å². The Bertz CT molecular complexity index is 862. The number of nitrogens with one attached hydrogen (secondary N) is 1. The Balaban J connectivity index is 1.53. The molecule has 1 aromatic carbocycles. The number of amides is 1. The van der Waals surface area contributed by atoms with Crippen molar-refractivity contribution in [3.63, 3.8) is 0 Å². The predicted molar refractivity (Wildman–Crippen MR) is 109 cm³/mol. The smallest absolute Gasteiger partial charge is 0.290 e. The van der Waals surface area contributed by atoms with Crippen LogP contribution in [0.25, 0.3) is 0 Å². The zero-order chi connectivity index (χ0) is 19.3. The lowest BCUT2D eigenvalue weighted by atomic mass is 9.70. The quantitative estimate of drug-likeness (QED) is 0.893. The fourth-order valence-corrected chi connectivity index (χ4v) is 6.11. The van der Waals surface area contributed by atoms with Crippen molar-refractivity contribution >= 4 is 5.91 Å². The zero-order valence-corrected chi connectivity index (χ0v) is 16.8. The molecule has 5 atom stereocenters. The van der Waals surface area contributed by atoms with Crippen LogP contribution in [0.2, 0.25) is 0 Å². The number of carbonyl (C=O) groups is 1. The highest BCUT2D eigenvalue weighted by Gasteiger charge is 2.60. The van der Waals surface area contributed by atoms with Gasteiger partial charge in [0.15, 0.2) is 5.82 Å². The Morgan fingerprint density at radius 2 is 2.04 bits per heavy atom. The Morgan fingerprint density at radius 1 is 1.25 bits per heavy atom. The van der Waals surface area contributed by atoms with Crippen molar-refractivity contribution in [1.29, 1.82) is 0 Å². The van der Waals surface area contributed by atoms with Crippen molar-refractivity contribution in [2.45, 2.75) is 69.6 Å². The number of imidazole rings is 1. The summed E-state index contributed by atoms with van der Waals surface area (Å²) in [6, 6.07) is 12.0. The molecule has 2 aromatic rings. The summed E-state index contributed by atoms with van der Waals surface area (Å²) in [7, 11) is 1.92. The van der Waals surface area contributed by atoms with E-state index >= 15 is 0 Å². The molecule has 148 valence electrons. The lowest BCUT2D eigenvalue weighted by Gasteiger charge is -2.43. The van der Waals surface area contributed by atoms with Gasteiger partial charge in [0.2, 0.25) is 0 Å². The normalized spacial score (nSPS) is 34.3. The van der Waals surface area contributed by atoms with Crippen LogP contribution in [-0.2, 0) is 13.5 Å². The van der Waals surface area contributed by atoms with Crippen LogP contribution in [0.15, 0.2) is 42.7 Å². The molecule has 2 bridgehead atoms. The maximum absolute atomic E-state index is 13.6. The molecule has 0 radical (unpaired) electrons. The molecule has 0 unspecified atom stereocenters. The molecule has 1 aliphatic carbocycles. The third-order valence-electron chi connectivity index (χ3n) is 7.54. The van der Waals surface area contributed by atoms with Crippen LogP contribution in [-0.4, -0.2) is 44.5 Å². The first-order chi connectivity index (χ1) is 13.6. The number of rotatable bonds is 3. The number of fused-ring (bicyclic) bond motifs is 1. The van der Waals surface area contributed by atoms with Gasteiger partial charge in [-0.1, -0.05) is 50.1 Å². The number of likely N-dealkylation sites (tertiary alicyclic amines) is 1. The summed E-state index contributed by atoms with van der Waals surface area (Å²) in [6.07, 6.45) is 10.4. The van der Waals surface area contributed by atoms with Gasteiger partial charge in [0.25, 0.3) is 5.91 Å². The van der Waals surface area contributed by atoms with E-state index in [1.165, 1.54) is 24.8 Å². The molecular formula is C23H30N4O. The second-order valence-electron chi connectivity index (χ2n) is 9.17. The molecule has 0 spiro atoms. The summed E-state index contributed by atoms with van der Waals surface area (Å²) in [5.41, 5.74) is 1.50. The molecular weight excluding hydrogens is 348 g/mol. The van der Waals surface area contributed by atoms with Crippen molar-refractivity contribution in [3.8, 4) is 0 Å². The van der Waals surface area contributed by atoms with Gasteiger partial charge in [0, 0.05) is 49.0 Å². The van der Waals surface area contributed by atoms with E-state index in [0.717, 1.165) is 19.3 Å². The van der Waals surface area contributed by atoms with E-state index in [4.69, 9.17) is 0 Å². The monoisotopic (exact) mass is 378 g/mol. The van der Waals surface area contributed by atoms with Crippen molar-refractivity contribution in [2.75, 3.05) is 0 Å². The molecule has 3 aliphatic rings. The minimum absolute atomic E-state index is 0.105. The van der Waals surface area contributed by atoms with Crippen LogP contribution in [0, 0.1) is 5.41 Å². The molecule has 3 heterocycles. The van der Waals surface area contributed by atoms with Crippen molar-refractivity contribution < 1.29 is 4.79 Å². The van der Waals surface area contributed by atoms with Gasteiger partial charge in [0.05, 0.1) is 0 Å². The van der Waals surface area contributed by atoms with E-state index in [-0.39, 0.29) is 17.4 Å². The Morgan fingerprint density at radius 3 is 2.79 bits per heavy atom. The van der Waals surface area contributed by atoms with Crippen molar-refractivity contribution in [3.05, 3.63) is 54.1 Å². The number of nitrogens with zero attached hydrogens (tertiary/aromatic N) is 3. The minimum atomic E-state index is 0.105. The molecule has 1 amide bonds. The summed E-state index contributed by atoms with van der Waals surface area (Å²) in [5, 5.41) is 4.00. The number of benzene rings is 1. The van der Waals surface area contributed by atoms with E-state index in [9.17, 15) is 4.79 Å². The van der Waals surface area contributed by atoms with Crippen LogP contribution < -0.4 is 5.32 Å². The lowest BCUT2D eigenvalue weighted by Crippen LogP contribution is -2.57. The van der Waals surface area contributed by atoms with Gasteiger partial charge < -0.3 is 14.8 Å². The summed E-state index contributed by atoms with van der Waals surface area (Å²) in [6.45, 7) is 2.41. The SMILES string of the molecule is Cn1ccnc1C(=O)N1[C@H]2CCCC[C@H]3N[C@@H](Cc4ccccc4)[C@@H]1C[C@@]23C. The first-order valence-electron chi connectivity index (χ1n) is 10.7. The van der Waals surface area contributed by atoms with Crippen LogP contribution >= 0.6 is 0 Å². The largest absolute Gasteiger partial charge is 0.330 e. The molecule has 5 heteroatoms. The maximum Gasteiger partial charge on any atom is 0.290 e. The Kier molecular flexibility index (Phi) is 4.31. The van der Waals surface area contributed by atoms with Crippen molar-refractivity contribution in [2.24, 2.45) is 12.5 Å². The fourth-order valence-electron chi connectivity index (χ4n) is 6.11. The van der Waals surface area contributed by atoms with Crippen LogP contribution in [0.5, 0.6) is 0 Å². The van der Waals surface area contributed by atoms with E-state index in [2.05, 4.69) is 52.5 Å². The van der Waals surface area contributed by atoms with Gasteiger partial charge in [-0.25, -0.2) is 4.98 Å². The fraction of sp³-hybridized carbons (Fsp3) is 0.565. The Labute approximate surface area is 167 Å². The molecule has 1 aromatic heterocycles. The van der Waals surface area contributed by atoms with Gasteiger partial charge in [-0.15, -0.1) is 0 Å². The molecule has 5 rings (SSSR count). The zero-order valence-electron chi connectivity index (χ0n) is 16.8. The lowest BCUT2D eigenvalue weighted by molar-refractivity contribution is 0.0595. The minimum Gasteiger partial charge on any atom is -0.330 e. The molecule has 2 aliphatic heterocycles. The highest BCUT2D eigenvalue weighted by atomic mass is 16.2. The van der Waals surface area contributed by atoms with E-state index in [1.807, 2.05) is 17.8 Å². The molecule has 1 N–H and O–H groups in total. The predicted octanol–water partition coefficient (Wildman–Crippen LogP) is 3.17. The topological polar surface area (TPSA) is 50.2 Å². The van der Waals surface area contributed by atoms with Crippen molar-refractivity contribution in [1.82, 2.24) is 19.8 Å². The summed E-state index contributed by atoms with van der Waals surface area (Å²) in [4.78, 5) is 20.3. The average Bonchev–Trinajstić information content (AvgIpc) is 3.18. The first-order valence-corrected chi connectivity index (χ1v) is 10.7. The average molecular weight is 379 g/mol. The number of hydrogen-bond acceptors (Lipinski definition) is 3. The molecule has 3 fully saturated rings. The van der Waals surface area contributed by atoms with Gasteiger partial charge in [-0.2, -0.15) is 0 Å². The number of piperidine rings is 1. The number of aryl methyl sites for hydroxylation is 1. The highest BCUT2D eigenvalue weighted by Crippen LogP contribution is 2.52. The molecule has 1 saturated carbocycles. The van der Waals surface area contributed by atoms with E-state index in [1.54, 1.807) is 6.20 Å². The molecule has 5 nitrogen and oxygen atoms in total. The number of aromatic nitrogens is 2. The number of hydrogen-bond donors (Lipinski definition) is 1. The van der Waals surface area contributed by atoms with Gasteiger partial charge in [0.1, 0.15) is 0 Å². The summed E-state index contributed by atoms with van der Waals surface area (Å²) >= 11 is 0. The van der Waals surface area contributed by atoms with E-state index in [0.29, 0.717) is 23.9 Å². The second kappa shape index (κ2) is 6.73. The summed E-state index contributed by atoms with van der Waals surface area (Å²) < 4.78 is 1.86. The van der Waals surface area contributed by atoms with E-state index < -0.39 is 0 Å². The maximum atomic E-state index is 13.6. The first kappa shape index (κ1) is 17.9. The van der Waals surface area contributed by atoms with Gasteiger partial charge in [-0.05, 0) is 31.2 Å². The third-order valence-corrected chi connectivity index (χ3v) is 7.54. The standard InChI is InChI=1S/C23H30N4O/c1-23-15-18-17(14-16-8-4-3-5-9-16)25-19(23)10-6-7-11-20(23)27(18)22(28)21-24-12-13-26(21)2/h3-5,8-9,12-13,17-20,25H,6-7,10-11,14-15H2,1-2H3/t17-,18-,19+,20-,23+/m0/s1. The van der Waals surface area contributed by atoms with Crippen LogP contribution in [0.1, 0.15) is 55.2 Å². The molecule has 2 saturated heterocycles. The second-order valence-corrected chi connectivity index (χ2v) is 9.17. The highest BCUT2D eigenvalue weighted by molar-refractivity contribution is 5.91. The van der Waals surface area contributed by atoms with Crippen LogP contribution in [0.3, 0.4) is 0 Å². The third kappa shape index (κ3) is 2.71. The Hall–Kier alpha value is -2.14. The van der Waals surface area contributed by atoms with Gasteiger partial charge >= 0.3 is 0 Å². The summed E-state index contributed by atoms with van der Waals surface area (Å²) in [5.74, 6) is 0.670. The molecule has 28 heavy (non-hydrogen) atoms. The number of carbonyl (C=O) groups excluding carboxylic acids is 1.